The first-order valence-corrected chi connectivity index (χ1v) is 26.5. The van der Waals surface area contributed by atoms with Crippen LogP contribution < -0.4 is 52.3 Å². The zero-order valence-corrected chi connectivity index (χ0v) is 40.8. The molecule has 19 heteroatoms. The van der Waals surface area contributed by atoms with Crippen molar-refractivity contribution in [2.75, 3.05) is 77.5 Å². The summed E-state index contributed by atoms with van der Waals surface area (Å²) in [7, 11) is 0. The van der Waals surface area contributed by atoms with E-state index in [2.05, 4.69) is 59.1 Å². The lowest BCUT2D eigenvalue weighted by molar-refractivity contribution is -0.132. The van der Waals surface area contributed by atoms with Crippen LogP contribution in [0.25, 0.3) is 60.4 Å². The molecular weight excluding hydrogens is 981 g/mol. The van der Waals surface area contributed by atoms with Gasteiger partial charge in [-0.2, -0.15) is 0 Å². The molecule has 0 atom stereocenters. The Morgan fingerprint density at radius 3 is 1.36 bits per heavy atom. The summed E-state index contributed by atoms with van der Waals surface area (Å²) < 4.78 is 64.0. The summed E-state index contributed by atoms with van der Waals surface area (Å²) in [5, 5.41) is 9.69. The number of hydrogen-bond donors (Lipinski definition) is 1. The highest BCUT2D eigenvalue weighted by Gasteiger charge is 2.40. The molecule has 2 aromatic carbocycles. The Bertz CT molecular complexity index is 3330. The largest absolute Gasteiger partial charge is 0.486 e. The summed E-state index contributed by atoms with van der Waals surface area (Å²) in [6, 6.07) is 15.5. The predicted molar refractivity (Wildman–Crippen MR) is 267 cm³/mol. The molecule has 7 aromatic rings. The van der Waals surface area contributed by atoms with Gasteiger partial charge in [0, 0.05) is 17.9 Å². The molecule has 0 saturated heterocycles. The number of carboxylic acid groups (broad SMARTS) is 1. The molecule has 13 rings (SSSR count). The van der Waals surface area contributed by atoms with Crippen molar-refractivity contribution in [2.45, 2.75) is 19.8 Å². The van der Waals surface area contributed by atoms with Crippen LogP contribution >= 0.6 is 56.7 Å². The van der Waals surface area contributed by atoms with Crippen LogP contribution in [0.15, 0.2) is 48.2 Å². The van der Waals surface area contributed by atoms with Gasteiger partial charge in [0.05, 0.1) is 55.3 Å². The van der Waals surface area contributed by atoms with Gasteiger partial charge in [-0.15, -0.1) is 56.7 Å². The van der Waals surface area contributed by atoms with Gasteiger partial charge in [0.25, 0.3) is 5.70 Å². The van der Waals surface area contributed by atoms with Crippen molar-refractivity contribution >= 4 is 80.1 Å². The van der Waals surface area contributed by atoms with Crippen molar-refractivity contribution in [3.63, 3.8) is 0 Å². The van der Waals surface area contributed by atoms with Crippen molar-refractivity contribution in [1.29, 1.82) is 0 Å². The maximum absolute atomic E-state index is 11.9. The maximum Gasteiger partial charge on any atom is 0.333 e. The molecular formula is C50H38N2O12S5. The fourth-order valence-electron chi connectivity index (χ4n) is 9.44. The van der Waals surface area contributed by atoms with Gasteiger partial charge in [0.15, 0.2) is 57.5 Å². The van der Waals surface area contributed by atoms with Gasteiger partial charge >= 0.3 is 5.97 Å². The Kier molecular flexibility index (Phi) is 10.6. The fraction of sp³-hybridized carbons (Fsp3) is 0.280. The molecule has 14 nitrogen and oxygen atoms in total. The van der Waals surface area contributed by atoms with Gasteiger partial charge in [0.2, 0.25) is 0 Å². The van der Waals surface area contributed by atoms with Crippen LogP contribution in [-0.4, -0.2) is 83.7 Å². The van der Waals surface area contributed by atoms with Gasteiger partial charge in [-0.05, 0) is 60.7 Å². The molecule has 0 spiro atoms. The molecule has 0 bridgehead atoms. The molecule has 0 amide bonds. The number of aryl methyl sites for hydroxylation is 2. The second-order valence-corrected chi connectivity index (χ2v) is 21.4. The molecule has 0 radical (unpaired) electrons. The van der Waals surface area contributed by atoms with Crippen molar-refractivity contribution < 1.29 is 57.3 Å². The Labute approximate surface area is 414 Å². The number of fused-ring (bicyclic) bond motifs is 7. The van der Waals surface area contributed by atoms with Crippen LogP contribution in [0.4, 0.5) is 11.4 Å². The second-order valence-electron chi connectivity index (χ2n) is 16.3. The topological polar surface area (TPSA) is 137 Å². The molecule has 0 aliphatic carbocycles. The van der Waals surface area contributed by atoms with E-state index in [-0.39, 0.29) is 6.61 Å². The summed E-state index contributed by atoms with van der Waals surface area (Å²) in [5.74, 6) is 4.53. The number of hydrogen-bond acceptors (Lipinski definition) is 17. The van der Waals surface area contributed by atoms with Crippen LogP contribution in [-0.2, 0) is 17.6 Å². The zero-order chi connectivity index (χ0) is 46.3. The van der Waals surface area contributed by atoms with Crippen LogP contribution in [0.1, 0.15) is 22.9 Å². The molecule has 350 valence electrons. The number of aliphatic carboxylic acids is 1. The van der Waals surface area contributed by atoms with Crippen molar-refractivity contribution in [2.24, 2.45) is 0 Å². The summed E-state index contributed by atoms with van der Waals surface area (Å²) in [6.07, 6.45) is 3.20. The molecule has 11 heterocycles. The number of rotatable bonds is 8. The Morgan fingerprint density at radius 2 is 0.913 bits per heavy atom. The Hall–Kier alpha value is -6.56. The van der Waals surface area contributed by atoms with Crippen LogP contribution in [0.5, 0.6) is 57.5 Å². The van der Waals surface area contributed by atoms with Crippen LogP contribution in [0.3, 0.4) is 0 Å². The van der Waals surface area contributed by atoms with Gasteiger partial charge in [-0.3, -0.25) is 4.79 Å². The summed E-state index contributed by atoms with van der Waals surface area (Å²) in [5.41, 5.74) is 5.78. The van der Waals surface area contributed by atoms with E-state index in [1.54, 1.807) is 22.7 Å². The third kappa shape index (κ3) is 6.89. The summed E-state index contributed by atoms with van der Waals surface area (Å²) >= 11 is 7.45. The van der Waals surface area contributed by atoms with Gasteiger partial charge in [-0.1, -0.05) is 24.3 Å². The lowest BCUT2D eigenvalue weighted by atomic mass is 10.0. The number of thiophene rings is 5. The third-order valence-corrected chi connectivity index (χ3v) is 18.8. The minimum atomic E-state index is -1.33. The van der Waals surface area contributed by atoms with E-state index in [9.17, 15) is 9.90 Å². The zero-order valence-electron chi connectivity index (χ0n) is 36.7. The van der Waals surface area contributed by atoms with Gasteiger partial charge < -0.3 is 57.4 Å². The predicted octanol–water partition coefficient (Wildman–Crippen LogP) is 11.8. The lowest BCUT2D eigenvalue weighted by Crippen LogP contribution is -2.17. The van der Waals surface area contributed by atoms with E-state index in [1.807, 2.05) is 0 Å². The number of carboxylic acids is 1. The molecule has 6 aliphatic rings. The number of ether oxygens (including phenoxy) is 10. The number of benzene rings is 2. The monoisotopic (exact) mass is 1020 g/mol. The van der Waals surface area contributed by atoms with E-state index in [0.29, 0.717) is 121 Å². The average molecular weight is 1020 g/mol. The van der Waals surface area contributed by atoms with E-state index in [4.69, 9.17) is 53.9 Å². The fourth-order valence-corrected chi connectivity index (χ4v) is 15.8. The van der Waals surface area contributed by atoms with Crippen LogP contribution in [0.2, 0.25) is 0 Å². The molecule has 5 aromatic heterocycles. The van der Waals surface area contributed by atoms with E-state index >= 15 is 0 Å². The minimum Gasteiger partial charge on any atom is -0.486 e. The van der Waals surface area contributed by atoms with Gasteiger partial charge in [0.1, 0.15) is 66.1 Å². The second kappa shape index (κ2) is 17.1. The molecule has 6 aliphatic heterocycles. The summed E-state index contributed by atoms with van der Waals surface area (Å²) in [6.45, 7) is 14.1. The van der Waals surface area contributed by atoms with E-state index < -0.39 is 11.7 Å². The summed E-state index contributed by atoms with van der Waals surface area (Å²) in [4.78, 5) is 25.4. The third-order valence-electron chi connectivity index (χ3n) is 12.3. The van der Waals surface area contributed by atoms with E-state index in [1.165, 1.54) is 62.6 Å². The highest BCUT2D eigenvalue weighted by Crippen LogP contribution is 2.67. The lowest BCUT2D eigenvalue weighted by Gasteiger charge is -2.25. The molecule has 69 heavy (non-hydrogen) atoms. The quantitative estimate of drug-likeness (QED) is 0.114. The molecule has 0 saturated carbocycles. The first-order chi connectivity index (χ1) is 34.0. The Morgan fingerprint density at radius 1 is 0.536 bits per heavy atom. The molecule has 0 unspecified atom stereocenters. The SMILES string of the molecule is [C-]#[N+]C(=Cc1sc(-c2sc(-c3sc(-c4sc(-c5sc(-c6ccc7c(c6)CCc6ccccc6N7CC)c6c5OCCO6)c5c4OCCO5)c4c3OCCO4)c3c2OCCO3)c2c1OCCO2)C(=O)O. The normalized spacial score (nSPS) is 16.3. The Balaban J connectivity index is 0.928. The van der Waals surface area contributed by atoms with Crippen molar-refractivity contribution in [3.05, 3.63) is 75.6 Å². The van der Waals surface area contributed by atoms with Gasteiger partial charge in [-0.25, -0.2) is 4.85 Å². The highest BCUT2D eigenvalue weighted by atomic mass is 32.1. The number of para-hydroxylation sites is 1. The molecule has 0 fully saturated rings. The average Bonchev–Trinajstić information content (AvgIpc) is 4.21. The minimum absolute atomic E-state index is 0.280. The number of carbonyl (C=O) groups is 1. The smallest absolute Gasteiger partial charge is 0.333 e. The number of anilines is 2. The van der Waals surface area contributed by atoms with E-state index in [0.717, 1.165) is 69.7 Å². The standard InChI is InChI=1S/C50H38N2O12S5/c1-3-52-28-7-5-4-6-24(28)8-9-25-22-26(10-11-29(25)52)41-33-34(58-15-14-57-33)44(66-41)45-37-38(62-19-18-61-37)48(68-45)49-40-39(63-20-21-64-40)47(69-49)46-36-35(59-16-17-60-36)43(67-46)42-32-31(55-12-13-56-32)30(65-42)23-27(51-2)50(53)54/h4-7,10-11,22-23H,3,8-9,12-21H2,1H3,(H,53,54). The van der Waals surface area contributed by atoms with Crippen molar-refractivity contribution in [3.8, 4) is 107 Å². The first-order valence-electron chi connectivity index (χ1n) is 22.4. The number of nitrogens with zero attached hydrogens (tertiary/aromatic N) is 2. The maximum atomic E-state index is 11.9. The van der Waals surface area contributed by atoms with Crippen LogP contribution in [0, 0.1) is 6.57 Å². The molecule has 1 N–H and O–H groups in total. The first kappa shape index (κ1) is 42.5. The van der Waals surface area contributed by atoms with Crippen molar-refractivity contribution in [1.82, 2.24) is 0 Å². The highest BCUT2D eigenvalue weighted by molar-refractivity contribution is 7.31.